The van der Waals surface area contributed by atoms with Crippen LogP contribution in [-0.4, -0.2) is 12.2 Å². The van der Waals surface area contributed by atoms with Gasteiger partial charge < -0.3 is 10.0 Å². The van der Waals surface area contributed by atoms with E-state index in [4.69, 9.17) is 0 Å². The van der Waals surface area contributed by atoms with Crippen molar-refractivity contribution in [3.8, 4) is 0 Å². The van der Waals surface area contributed by atoms with Crippen molar-refractivity contribution in [2.75, 3.05) is 11.9 Å². The summed E-state index contributed by atoms with van der Waals surface area (Å²) in [6.07, 6.45) is -0.706. The molecule has 0 aliphatic rings. The molecular formula is C16H17BrFNO. The van der Waals surface area contributed by atoms with Crippen LogP contribution in [0.1, 0.15) is 24.2 Å². The predicted molar refractivity (Wildman–Crippen MR) is 83.3 cm³/mol. The van der Waals surface area contributed by atoms with E-state index in [0.717, 1.165) is 10.0 Å². The highest BCUT2D eigenvalue weighted by atomic mass is 79.9. The Kier molecular flexibility index (Phi) is 4.78. The van der Waals surface area contributed by atoms with Gasteiger partial charge in [-0.25, -0.2) is 4.39 Å². The van der Waals surface area contributed by atoms with Gasteiger partial charge in [-0.05, 0) is 24.6 Å². The van der Waals surface area contributed by atoms with Gasteiger partial charge in [-0.2, -0.15) is 0 Å². The first-order chi connectivity index (χ1) is 9.50. The van der Waals surface area contributed by atoms with Gasteiger partial charge in [0.05, 0.1) is 11.8 Å². The maximum absolute atomic E-state index is 14.1. The smallest absolute Gasteiger partial charge is 0.146 e. The van der Waals surface area contributed by atoms with Crippen LogP contribution < -0.4 is 4.90 Å². The highest BCUT2D eigenvalue weighted by molar-refractivity contribution is 9.10. The zero-order valence-corrected chi connectivity index (χ0v) is 13.1. The van der Waals surface area contributed by atoms with Crippen molar-refractivity contribution in [3.63, 3.8) is 0 Å². The number of aliphatic hydroxyl groups is 1. The van der Waals surface area contributed by atoms with E-state index in [1.54, 1.807) is 19.1 Å². The molecule has 1 atom stereocenters. The van der Waals surface area contributed by atoms with Crippen LogP contribution in [-0.2, 0) is 6.54 Å². The van der Waals surface area contributed by atoms with Gasteiger partial charge in [0.15, 0.2) is 0 Å². The van der Waals surface area contributed by atoms with Gasteiger partial charge in [-0.1, -0.05) is 46.3 Å². The SMILES string of the molecule is CC(O)c1cccc(F)c1N(C)Cc1ccccc1Br. The maximum atomic E-state index is 14.1. The lowest BCUT2D eigenvalue weighted by molar-refractivity contribution is 0.199. The largest absolute Gasteiger partial charge is 0.389 e. The summed E-state index contributed by atoms with van der Waals surface area (Å²) < 4.78 is 15.1. The van der Waals surface area contributed by atoms with Crippen molar-refractivity contribution < 1.29 is 9.50 Å². The predicted octanol–water partition coefficient (Wildman–Crippen LogP) is 4.28. The summed E-state index contributed by atoms with van der Waals surface area (Å²) >= 11 is 3.49. The molecule has 0 aromatic heterocycles. The molecule has 0 saturated heterocycles. The van der Waals surface area contributed by atoms with Crippen LogP contribution in [0.3, 0.4) is 0 Å². The maximum Gasteiger partial charge on any atom is 0.146 e. The standard InChI is InChI=1S/C16H17BrFNO/c1-11(20)13-7-5-9-15(18)16(13)19(2)10-12-6-3-4-8-14(12)17/h3-9,11,20H,10H2,1-2H3. The number of para-hydroxylation sites is 1. The third-order valence-electron chi connectivity index (χ3n) is 3.22. The Balaban J connectivity index is 2.34. The first-order valence-corrected chi connectivity index (χ1v) is 7.21. The lowest BCUT2D eigenvalue weighted by atomic mass is 10.1. The molecule has 2 nitrogen and oxygen atoms in total. The molecule has 4 heteroatoms. The molecule has 0 amide bonds. The van der Waals surface area contributed by atoms with Crippen LogP contribution in [0.5, 0.6) is 0 Å². The third-order valence-corrected chi connectivity index (χ3v) is 3.99. The minimum Gasteiger partial charge on any atom is -0.389 e. The second-order valence-electron chi connectivity index (χ2n) is 4.80. The van der Waals surface area contributed by atoms with Crippen LogP contribution in [0, 0.1) is 5.82 Å². The van der Waals surface area contributed by atoms with E-state index in [1.807, 2.05) is 36.2 Å². The van der Waals surface area contributed by atoms with Gasteiger partial charge in [-0.15, -0.1) is 0 Å². The number of hydrogen-bond acceptors (Lipinski definition) is 2. The number of anilines is 1. The first-order valence-electron chi connectivity index (χ1n) is 6.41. The average Bonchev–Trinajstić information content (AvgIpc) is 2.40. The minimum atomic E-state index is -0.706. The average molecular weight is 338 g/mol. The van der Waals surface area contributed by atoms with Gasteiger partial charge in [0.1, 0.15) is 5.82 Å². The molecule has 0 spiro atoms. The van der Waals surface area contributed by atoms with Gasteiger partial charge in [0.2, 0.25) is 0 Å². The van der Waals surface area contributed by atoms with Crippen molar-refractivity contribution in [2.24, 2.45) is 0 Å². The lowest BCUT2D eigenvalue weighted by Crippen LogP contribution is -2.20. The number of hydrogen-bond donors (Lipinski definition) is 1. The fraction of sp³-hybridized carbons (Fsp3) is 0.250. The summed E-state index contributed by atoms with van der Waals surface area (Å²) in [5, 5.41) is 9.80. The number of benzene rings is 2. The van der Waals surface area contributed by atoms with Gasteiger partial charge in [0, 0.05) is 23.6 Å². The molecule has 2 aromatic carbocycles. The molecule has 2 rings (SSSR count). The Morgan fingerprint density at radius 2 is 1.90 bits per heavy atom. The molecule has 0 aliphatic carbocycles. The van der Waals surface area contributed by atoms with E-state index in [-0.39, 0.29) is 5.82 Å². The summed E-state index contributed by atoms with van der Waals surface area (Å²) in [7, 11) is 1.82. The normalized spacial score (nSPS) is 12.2. The molecule has 0 fully saturated rings. The fourth-order valence-corrected chi connectivity index (χ4v) is 2.64. The quantitative estimate of drug-likeness (QED) is 0.900. The Labute approximate surface area is 127 Å². The van der Waals surface area contributed by atoms with Crippen molar-refractivity contribution >= 4 is 21.6 Å². The van der Waals surface area contributed by atoms with Gasteiger partial charge in [-0.3, -0.25) is 0 Å². The Morgan fingerprint density at radius 1 is 1.20 bits per heavy atom. The van der Waals surface area contributed by atoms with Crippen molar-refractivity contribution in [3.05, 3.63) is 63.9 Å². The lowest BCUT2D eigenvalue weighted by Gasteiger charge is -2.24. The number of aliphatic hydroxyl groups excluding tert-OH is 1. The molecule has 1 N–H and O–H groups in total. The summed E-state index contributed by atoms with van der Waals surface area (Å²) in [4.78, 5) is 1.82. The fourth-order valence-electron chi connectivity index (χ4n) is 2.23. The van der Waals surface area contributed by atoms with E-state index in [0.29, 0.717) is 17.8 Å². The highest BCUT2D eigenvalue weighted by Crippen LogP contribution is 2.30. The van der Waals surface area contributed by atoms with E-state index >= 15 is 0 Å². The van der Waals surface area contributed by atoms with Crippen LogP contribution in [0.25, 0.3) is 0 Å². The van der Waals surface area contributed by atoms with Gasteiger partial charge in [0.25, 0.3) is 0 Å². The number of nitrogens with zero attached hydrogens (tertiary/aromatic N) is 1. The molecule has 0 radical (unpaired) electrons. The van der Waals surface area contributed by atoms with Crippen LogP contribution in [0.4, 0.5) is 10.1 Å². The van der Waals surface area contributed by atoms with Gasteiger partial charge >= 0.3 is 0 Å². The molecule has 2 aromatic rings. The second-order valence-corrected chi connectivity index (χ2v) is 5.66. The molecule has 0 heterocycles. The third kappa shape index (κ3) is 3.19. The Bertz CT molecular complexity index is 601. The first kappa shape index (κ1) is 15.0. The molecule has 0 bridgehead atoms. The summed E-state index contributed by atoms with van der Waals surface area (Å²) in [6.45, 7) is 2.20. The minimum absolute atomic E-state index is 0.321. The molecule has 0 saturated carbocycles. The zero-order chi connectivity index (χ0) is 14.7. The molecule has 106 valence electrons. The summed E-state index contributed by atoms with van der Waals surface area (Å²) in [6, 6.07) is 12.6. The van der Waals surface area contributed by atoms with Crippen molar-refractivity contribution in [1.29, 1.82) is 0 Å². The number of halogens is 2. The van der Waals surface area contributed by atoms with Crippen molar-refractivity contribution in [2.45, 2.75) is 19.6 Å². The van der Waals surface area contributed by atoms with E-state index in [1.165, 1.54) is 6.07 Å². The highest BCUT2D eigenvalue weighted by Gasteiger charge is 2.16. The molecule has 1 unspecified atom stereocenters. The molecule has 20 heavy (non-hydrogen) atoms. The van der Waals surface area contributed by atoms with E-state index < -0.39 is 6.10 Å². The monoisotopic (exact) mass is 337 g/mol. The van der Waals surface area contributed by atoms with Crippen LogP contribution >= 0.6 is 15.9 Å². The summed E-state index contributed by atoms with van der Waals surface area (Å²) in [5.41, 5.74) is 2.10. The number of rotatable bonds is 4. The zero-order valence-electron chi connectivity index (χ0n) is 11.5. The van der Waals surface area contributed by atoms with E-state index in [9.17, 15) is 9.50 Å². The Morgan fingerprint density at radius 3 is 2.55 bits per heavy atom. The van der Waals surface area contributed by atoms with Crippen molar-refractivity contribution in [1.82, 2.24) is 0 Å². The second kappa shape index (κ2) is 6.37. The van der Waals surface area contributed by atoms with Crippen LogP contribution in [0.15, 0.2) is 46.9 Å². The topological polar surface area (TPSA) is 23.5 Å². The molecule has 0 aliphatic heterocycles. The summed E-state index contributed by atoms with van der Waals surface area (Å²) in [5.74, 6) is -0.321. The molecular weight excluding hydrogens is 321 g/mol. The van der Waals surface area contributed by atoms with Crippen LogP contribution in [0.2, 0.25) is 0 Å². The Hall–Kier alpha value is -1.39. The van der Waals surface area contributed by atoms with E-state index in [2.05, 4.69) is 15.9 Å².